The zero-order valence-electron chi connectivity index (χ0n) is 14.1. The number of aryl methyl sites for hydroxylation is 2. The first-order valence-corrected chi connectivity index (χ1v) is 7.63. The molecule has 0 fully saturated rings. The van der Waals surface area contributed by atoms with E-state index < -0.39 is 0 Å². The second-order valence-corrected chi connectivity index (χ2v) is 5.40. The van der Waals surface area contributed by atoms with Crippen LogP contribution in [0.2, 0.25) is 0 Å². The molecule has 1 aromatic heterocycles. The van der Waals surface area contributed by atoms with Gasteiger partial charge in [-0.15, -0.1) is 0 Å². The number of hydrogen-bond acceptors (Lipinski definition) is 4. The molecule has 24 heavy (non-hydrogen) atoms. The highest BCUT2D eigenvalue weighted by Crippen LogP contribution is 2.20. The number of nitrogens with zero attached hydrogens (tertiary/aromatic N) is 1. The lowest BCUT2D eigenvalue weighted by atomic mass is 10.1. The van der Waals surface area contributed by atoms with Gasteiger partial charge in [0.05, 0.1) is 6.61 Å². The van der Waals surface area contributed by atoms with Crippen molar-refractivity contribution in [2.45, 2.75) is 13.8 Å². The number of ether oxygens (including phenoxy) is 1. The van der Waals surface area contributed by atoms with Gasteiger partial charge in [0.2, 0.25) is 0 Å². The van der Waals surface area contributed by atoms with Crippen molar-refractivity contribution in [3.63, 3.8) is 0 Å². The van der Waals surface area contributed by atoms with Gasteiger partial charge in [-0.1, -0.05) is 18.2 Å². The van der Waals surface area contributed by atoms with Crippen molar-refractivity contribution in [3.8, 4) is 0 Å². The first kappa shape index (κ1) is 17.6. The molecule has 0 aliphatic carbocycles. The van der Waals surface area contributed by atoms with Crippen molar-refractivity contribution in [1.29, 1.82) is 0 Å². The fourth-order valence-corrected chi connectivity index (χ4v) is 2.25. The zero-order valence-corrected chi connectivity index (χ0v) is 14.1. The highest BCUT2D eigenvalue weighted by Gasteiger charge is 2.13. The maximum absolute atomic E-state index is 12.4. The van der Waals surface area contributed by atoms with Gasteiger partial charge in [0, 0.05) is 31.1 Å². The molecule has 2 N–H and O–H groups in total. The first-order valence-electron chi connectivity index (χ1n) is 7.63. The van der Waals surface area contributed by atoms with E-state index in [1.807, 2.05) is 32.0 Å². The number of amides is 2. The Morgan fingerprint density at radius 1 is 1.12 bits per heavy atom. The number of rotatable bonds is 6. The van der Waals surface area contributed by atoms with E-state index >= 15 is 0 Å². The fourth-order valence-electron chi connectivity index (χ4n) is 2.25. The number of nitrogens with one attached hydrogen (secondary N) is 2. The van der Waals surface area contributed by atoms with Crippen LogP contribution in [-0.4, -0.2) is 37.1 Å². The predicted molar refractivity (Wildman–Crippen MR) is 92.3 cm³/mol. The Morgan fingerprint density at radius 3 is 2.50 bits per heavy atom. The van der Waals surface area contributed by atoms with Crippen LogP contribution in [-0.2, 0) is 4.74 Å². The third kappa shape index (κ3) is 4.39. The van der Waals surface area contributed by atoms with Crippen molar-refractivity contribution in [2.75, 3.05) is 25.6 Å². The van der Waals surface area contributed by atoms with Crippen LogP contribution in [0.5, 0.6) is 0 Å². The molecular formula is C18H21N3O3. The van der Waals surface area contributed by atoms with Crippen LogP contribution in [0.4, 0.5) is 5.69 Å². The van der Waals surface area contributed by atoms with Gasteiger partial charge in [0.15, 0.2) is 0 Å². The van der Waals surface area contributed by atoms with E-state index in [1.165, 1.54) is 12.3 Å². The minimum Gasteiger partial charge on any atom is -0.383 e. The standard InChI is InChI=1S/C18H21N3O3/c1-12-5-4-6-13(2)16(12)21-18(23)15-11-14(7-8-19-15)17(22)20-9-10-24-3/h4-8,11H,9-10H2,1-3H3,(H,20,22)(H,21,23). The van der Waals surface area contributed by atoms with Crippen molar-refractivity contribution >= 4 is 17.5 Å². The molecule has 1 heterocycles. The Hall–Kier alpha value is -2.73. The highest BCUT2D eigenvalue weighted by molar-refractivity contribution is 6.05. The summed E-state index contributed by atoms with van der Waals surface area (Å²) >= 11 is 0. The molecule has 2 aromatic rings. The summed E-state index contributed by atoms with van der Waals surface area (Å²) < 4.78 is 4.89. The van der Waals surface area contributed by atoms with E-state index in [0.29, 0.717) is 18.7 Å². The average Bonchev–Trinajstić information content (AvgIpc) is 2.58. The topological polar surface area (TPSA) is 80.3 Å². The van der Waals surface area contributed by atoms with E-state index in [0.717, 1.165) is 16.8 Å². The smallest absolute Gasteiger partial charge is 0.274 e. The van der Waals surface area contributed by atoms with Crippen LogP contribution < -0.4 is 10.6 Å². The summed E-state index contributed by atoms with van der Waals surface area (Å²) in [6.45, 7) is 4.68. The number of hydrogen-bond donors (Lipinski definition) is 2. The number of aromatic nitrogens is 1. The maximum atomic E-state index is 12.4. The lowest BCUT2D eigenvalue weighted by Crippen LogP contribution is -2.27. The van der Waals surface area contributed by atoms with Gasteiger partial charge in [0.1, 0.15) is 5.69 Å². The molecule has 0 spiro atoms. The highest BCUT2D eigenvalue weighted by atomic mass is 16.5. The van der Waals surface area contributed by atoms with Crippen LogP contribution in [0, 0.1) is 13.8 Å². The SMILES string of the molecule is COCCNC(=O)c1ccnc(C(=O)Nc2c(C)cccc2C)c1. The summed E-state index contributed by atoms with van der Waals surface area (Å²) in [6, 6.07) is 8.83. The molecular weight excluding hydrogens is 306 g/mol. The minimum atomic E-state index is -0.348. The van der Waals surface area contributed by atoms with Crippen molar-refractivity contribution in [3.05, 3.63) is 58.9 Å². The van der Waals surface area contributed by atoms with E-state index in [1.54, 1.807) is 13.2 Å². The third-order valence-electron chi connectivity index (χ3n) is 3.57. The van der Waals surface area contributed by atoms with Crippen LogP contribution >= 0.6 is 0 Å². The average molecular weight is 327 g/mol. The Labute approximate surface area is 141 Å². The zero-order chi connectivity index (χ0) is 17.5. The Bertz CT molecular complexity index is 724. The van der Waals surface area contributed by atoms with Gasteiger partial charge in [-0.25, -0.2) is 0 Å². The van der Waals surface area contributed by atoms with E-state index in [9.17, 15) is 9.59 Å². The molecule has 0 bridgehead atoms. The van der Waals surface area contributed by atoms with E-state index in [-0.39, 0.29) is 17.5 Å². The molecule has 6 nitrogen and oxygen atoms in total. The summed E-state index contributed by atoms with van der Waals surface area (Å²) in [5.74, 6) is -0.616. The van der Waals surface area contributed by atoms with Gasteiger partial charge in [0.25, 0.3) is 11.8 Å². The summed E-state index contributed by atoms with van der Waals surface area (Å²) in [4.78, 5) is 28.5. The van der Waals surface area contributed by atoms with Crippen molar-refractivity contribution in [2.24, 2.45) is 0 Å². The predicted octanol–water partition coefficient (Wildman–Crippen LogP) is 2.33. The first-order chi connectivity index (χ1) is 11.5. The Balaban J connectivity index is 2.13. The molecule has 0 saturated carbocycles. The molecule has 2 amide bonds. The summed E-state index contributed by atoms with van der Waals surface area (Å²) in [5.41, 5.74) is 3.28. The third-order valence-corrected chi connectivity index (χ3v) is 3.57. The second kappa shape index (κ2) is 8.21. The van der Waals surface area contributed by atoms with Crippen LogP contribution in [0.3, 0.4) is 0 Å². The molecule has 126 valence electrons. The Kier molecular flexibility index (Phi) is 6.03. The number of para-hydroxylation sites is 1. The molecule has 6 heteroatoms. The number of methoxy groups -OCH3 is 1. The molecule has 0 saturated heterocycles. The number of anilines is 1. The van der Waals surface area contributed by atoms with Gasteiger partial charge in [-0.3, -0.25) is 14.6 Å². The fraction of sp³-hybridized carbons (Fsp3) is 0.278. The molecule has 1 aromatic carbocycles. The molecule has 2 rings (SSSR count). The number of pyridine rings is 1. The lowest BCUT2D eigenvalue weighted by molar-refractivity contribution is 0.0937. The maximum Gasteiger partial charge on any atom is 0.274 e. The summed E-state index contributed by atoms with van der Waals surface area (Å²) in [7, 11) is 1.56. The van der Waals surface area contributed by atoms with Crippen LogP contribution in [0.25, 0.3) is 0 Å². The summed E-state index contributed by atoms with van der Waals surface area (Å²) in [6.07, 6.45) is 1.45. The van der Waals surface area contributed by atoms with Crippen LogP contribution in [0.1, 0.15) is 32.0 Å². The van der Waals surface area contributed by atoms with E-state index in [2.05, 4.69) is 15.6 Å². The van der Waals surface area contributed by atoms with Gasteiger partial charge in [-0.2, -0.15) is 0 Å². The van der Waals surface area contributed by atoms with Crippen molar-refractivity contribution in [1.82, 2.24) is 10.3 Å². The largest absolute Gasteiger partial charge is 0.383 e. The Morgan fingerprint density at radius 2 is 1.83 bits per heavy atom. The van der Waals surface area contributed by atoms with Gasteiger partial charge in [-0.05, 0) is 37.1 Å². The van der Waals surface area contributed by atoms with Crippen molar-refractivity contribution < 1.29 is 14.3 Å². The normalized spacial score (nSPS) is 10.3. The number of carbonyl (C=O) groups excluding carboxylic acids is 2. The second-order valence-electron chi connectivity index (χ2n) is 5.40. The van der Waals surface area contributed by atoms with Gasteiger partial charge >= 0.3 is 0 Å². The molecule has 0 atom stereocenters. The molecule has 0 aliphatic rings. The minimum absolute atomic E-state index is 0.192. The molecule has 0 radical (unpaired) electrons. The number of benzene rings is 1. The monoisotopic (exact) mass is 327 g/mol. The van der Waals surface area contributed by atoms with Crippen LogP contribution in [0.15, 0.2) is 36.5 Å². The summed E-state index contributed by atoms with van der Waals surface area (Å²) in [5, 5.41) is 5.57. The van der Waals surface area contributed by atoms with E-state index in [4.69, 9.17) is 4.74 Å². The molecule has 0 aliphatic heterocycles. The molecule has 0 unspecified atom stereocenters. The number of carbonyl (C=O) groups is 2. The van der Waals surface area contributed by atoms with Gasteiger partial charge < -0.3 is 15.4 Å². The quantitative estimate of drug-likeness (QED) is 0.798. The lowest BCUT2D eigenvalue weighted by Gasteiger charge is -2.11.